The van der Waals surface area contributed by atoms with E-state index in [-0.39, 0.29) is 17.5 Å². The van der Waals surface area contributed by atoms with Crippen LogP contribution in [0.15, 0.2) is 18.2 Å². The standard InChI is InChI=1S/C14H15NO5.C2H7N/c1-7(2)19-9-4-11-10(6-12(15-11)14(17)18)13(5-9)20-8(3)16;1-3-2/h4-7,15H,1-3H3,(H,17,18);3H,1-2H3. The van der Waals surface area contributed by atoms with Crippen molar-refractivity contribution in [3.05, 3.63) is 23.9 Å². The van der Waals surface area contributed by atoms with E-state index in [0.29, 0.717) is 16.7 Å². The number of carbonyl (C=O) groups is 2. The average Bonchev–Trinajstić information content (AvgIpc) is 2.82. The van der Waals surface area contributed by atoms with Gasteiger partial charge in [0.15, 0.2) is 0 Å². The molecule has 0 aliphatic heterocycles. The first-order chi connectivity index (χ1) is 10.8. The van der Waals surface area contributed by atoms with Crippen molar-refractivity contribution in [3.8, 4) is 11.5 Å². The molecule has 0 unspecified atom stereocenters. The normalized spacial score (nSPS) is 10.2. The highest BCUT2D eigenvalue weighted by Crippen LogP contribution is 2.32. The Balaban J connectivity index is 0.000000816. The Hall–Kier alpha value is -2.54. The third-order valence-electron chi connectivity index (χ3n) is 2.53. The molecular formula is C16H22N2O5. The molecule has 0 radical (unpaired) electrons. The quantitative estimate of drug-likeness (QED) is 0.590. The first kappa shape index (κ1) is 18.5. The van der Waals surface area contributed by atoms with Crippen molar-refractivity contribution in [2.75, 3.05) is 14.1 Å². The molecule has 0 saturated heterocycles. The summed E-state index contributed by atoms with van der Waals surface area (Å²) in [5.41, 5.74) is 0.562. The van der Waals surface area contributed by atoms with Crippen LogP contribution >= 0.6 is 0 Å². The van der Waals surface area contributed by atoms with Crippen molar-refractivity contribution >= 4 is 22.8 Å². The summed E-state index contributed by atoms with van der Waals surface area (Å²) in [4.78, 5) is 24.9. The van der Waals surface area contributed by atoms with Gasteiger partial charge in [-0.25, -0.2) is 4.79 Å². The minimum absolute atomic E-state index is 0.0232. The SMILES string of the molecule is CC(=O)Oc1cc(OC(C)C)cc2[nH]c(C(=O)O)cc12.CNC. The number of H-pyrrole nitrogens is 1. The Bertz CT molecular complexity index is 691. The summed E-state index contributed by atoms with van der Waals surface area (Å²) >= 11 is 0. The number of aromatic nitrogens is 1. The highest BCUT2D eigenvalue weighted by atomic mass is 16.5. The summed E-state index contributed by atoms with van der Waals surface area (Å²) in [6.07, 6.45) is -0.0495. The number of aromatic carboxylic acids is 1. The Kier molecular flexibility index (Phi) is 6.59. The van der Waals surface area contributed by atoms with Gasteiger partial charge >= 0.3 is 11.9 Å². The Morgan fingerprint density at radius 2 is 1.83 bits per heavy atom. The molecule has 1 aromatic carbocycles. The molecule has 7 nitrogen and oxygen atoms in total. The number of benzene rings is 1. The fraction of sp³-hybridized carbons (Fsp3) is 0.375. The lowest BCUT2D eigenvalue weighted by atomic mass is 10.2. The van der Waals surface area contributed by atoms with Crippen molar-refractivity contribution in [1.29, 1.82) is 0 Å². The first-order valence-corrected chi connectivity index (χ1v) is 7.12. The van der Waals surface area contributed by atoms with E-state index in [1.165, 1.54) is 13.0 Å². The zero-order chi connectivity index (χ0) is 17.6. The zero-order valence-electron chi connectivity index (χ0n) is 13.9. The van der Waals surface area contributed by atoms with E-state index in [1.54, 1.807) is 12.1 Å². The number of rotatable bonds is 4. The Labute approximate surface area is 134 Å². The lowest BCUT2D eigenvalue weighted by Gasteiger charge is -2.11. The van der Waals surface area contributed by atoms with Crippen LogP contribution in [0, 0.1) is 0 Å². The third kappa shape index (κ3) is 5.30. The Morgan fingerprint density at radius 3 is 2.30 bits per heavy atom. The number of esters is 1. The molecule has 0 aliphatic carbocycles. The van der Waals surface area contributed by atoms with Gasteiger partial charge in [0.1, 0.15) is 17.2 Å². The topological polar surface area (TPSA) is 101 Å². The van der Waals surface area contributed by atoms with Gasteiger partial charge in [-0.2, -0.15) is 0 Å². The van der Waals surface area contributed by atoms with Gasteiger partial charge in [0.05, 0.1) is 11.6 Å². The molecule has 1 aromatic heterocycles. The molecule has 7 heteroatoms. The van der Waals surface area contributed by atoms with Crippen molar-refractivity contribution in [1.82, 2.24) is 10.3 Å². The maximum Gasteiger partial charge on any atom is 0.352 e. The third-order valence-corrected chi connectivity index (χ3v) is 2.53. The smallest absolute Gasteiger partial charge is 0.352 e. The van der Waals surface area contributed by atoms with E-state index in [1.807, 2.05) is 27.9 Å². The number of hydrogen-bond donors (Lipinski definition) is 3. The van der Waals surface area contributed by atoms with Gasteiger partial charge < -0.3 is 24.9 Å². The molecule has 0 amide bonds. The van der Waals surface area contributed by atoms with E-state index < -0.39 is 11.9 Å². The van der Waals surface area contributed by atoms with Gasteiger partial charge in [-0.15, -0.1) is 0 Å². The van der Waals surface area contributed by atoms with Crippen molar-refractivity contribution < 1.29 is 24.2 Å². The van der Waals surface area contributed by atoms with Crippen LogP contribution in [0.25, 0.3) is 10.9 Å². The molecule has 0 spiro atoms. The van der Waals surface area contributed by atoms with E-state index in [9.17, 15) is 9.59 Å². The molecule has 0 bridgehead atoms. The molecule has 1 heterocycles. The lowest BCUT2D eigenvalue weighted by Crippen LogP contribution is -2.06. The summed E-state index contributed by atoms with van der Waals surface area (Å²) in [6.45, 7) is 5.02. The van der Waals surface area contributed by atoms with Crippen LogP contribution in [0.4, 0.5) is 0 Å². The molecule has 126 valence electrons. The number of hydrogen-bond acceptors (Lipinski definition) is 5. The van der Waals surface area contributed by atoms with Crippen LogP contribution in [0.1, 0.15) is 31.3 Å². The molecule has 23 heavy (non-hydrogen) atoms. The number of aromatic amines is 1. The Morgan fingerprint density at radius 1 is 1.22 bits per heavy atom. The predicted octanol–water partition coefficient (Wildman–Crippen LogP) is 2.41. The van der Waals surface area contributed by atoms with Crippen LogP contribution in [0.2, 0.25) is 0 Å². The van der Waals surface area contributed by atoms with Crippen molar-refractivity contribution in [2.24, 2.45) is 0 Å². The van der Waals surface area contributed by atoms with Gasteiger partial charge in [-0.05, 0) is 34.0 Å². The van der Waals surface area contributed by atoms with Gasteiger partial charge in [-0.1, -0.05) is 0 Å². The molecule has 2 rings (SSSR count). The van der Waals surface area contributed by atoms with E-state index in [0.717, 1.165) is 0 Å². The molecular weight excluding hydrogens is 300 g/mol. The maximum atomic E-state index is 11.1. The van der Waals surface area contributed by atoms with Gasteiger partial charge in [0, 0.05) is 24.4 Å². The van der Waals surface area contributed by atoms with E-state index in [2.05, 4.69) is 10.3 Å². The number of carboxylic acid groups (broad SMARTS) is 1. The summed E-state index contributed by atoms with van der Waals surface area (Å²) in [5.74, 6) is -0.788. The highest BCUT2D eigenvalue weighted by molar-refractivity contribution is 5.97. The van der Waals surface area contributed by atoms with Crippen LogP contribution in [0.3, 0.4) is 0 Å². The molecule has 3 N–H and O–H groups in total. The van der Waals surface area contributed by atoms with Crippen LogP contribution in [-0.2, 0) is 4.79 Å². The largest absolute Gasteiger partial charge is 0.491 e. The van der Waals surface area contributed by atoms with Crippen molar-refractivity contribution in [3.63, 3.8) is 0 Å². The number of carboxylic acids is 1. The fourth-order valence-electron chi connectivity index (χ4n) is 1.87. The summed E-state index contributed by atoms with van der Waals surface area (Å²) in [7, 11) is 3.75. The number of ether oxygens (including phenoxy) is 2. The monoisotopic (exact) mass is 322 g/mol. The van der Waals surface area contributed by atoms with Crippen LogP contribution in [0.5, 0.6) is 11.5 Å². The zero-order valence-corrected chi connectivity index (χ0v) is 13.9. The summed E-state index contributed by atoms with van der Waals surface area (Å²) < 4.78 is 10.7. The molecule has 0 saturated carbocycles. The number of nitrogens with one attached hydrogen (secondary N) is 2. The first-order valence-electron chi connectivity index (χ1n) is 7.12. The average molecular weight is 322 g/mol. The fourth-order valence-corrected chi connectivity index (χ4v) is 1.87. The molecule has 2 aromatic rings. The van der Waals surface area contributed by atoms with E-state index in [4.69, 9.17) is 14.6 Å². The van der Waals surface area contributed by atoms with Crippen LogP contribution < -0.4 is 14.8 Å². The minimum atomic E-state index is -1.08. The van der Waals surface area contributed by atoms with Crippen molar-refractivity contribution in [2.45, 2.75) is 26.9 Å². The lowest BCUT2D eigenvalue weighted by molar-refractivity contribution is -0.131. The second-order valence-electron chi connectivity index (χ2n) is 5.13. The highest BCUT2D eigenvalue weighted by Gasteiger charge is 2.15. The molecule has 0 fully saturated rings. The van der Waals surface area contributed by atoms with Crippen LogP contribution in [-0.4, -0.2) is 42.2 Å². The number of fused-ring (bicyclic) bond motifs is 1. The van der Waals surface area contributed by atoms with Gasteiger partial charge in [-0.3, -0.25) is 4.79 Å². The number of carbonyl (C=O) groups excluding carboxylic acids is 1. The predicted molar refractivity (Wildman–Crippen MR) is 87.3 cm³/mol. The van der Waals surface area contributed by atoms with Gasteiger partial charge in [0.25, 0.3) is 0 Å². The molecule has 0 aliphatic rings. The van der Waals surface area contributed by atoms with Gasteiger partial charge in [0.2, 0.25) is 0 Å². The molecule has 0 atom stereocenters. The second-order valence-corrected chi connectivity index (χ2v) is 5.13. The summed E-state index contributed by atoms with van der Waals surface area (Å²) in [5, 5.41) is 12.3. The minimum Gasteiger partial charge on any atom is -0.491 e. The summed E-state index contributed by atoms with van der Waals surface area (Å²) in [6, 6.07) is 4.67. The van der Waals surface area contributed by atoms with E-state index >= 15 is 0 Å². The maximum absolute atomic E-state index is 11.1. The second kappa shape index (κ2) is 8.19.